The van der Waals surface area contributed by atoms with Gasteiger partial charge < -0.3 is 9.84 Å². The van der Waals surface area contributed by atoms with Crippen LogP contribution in [0.4, 0.5) is 0 Å². The maximum absolute atomic E-state index is 13.2. The lowest BCUT2D eigenvalue weighted by Crippen LogP contribution is -2.29. The molecule has 0 radical (unpaired) electrons. The van der Waals surface area contributed by atoms with Gasteiger partial charge in [-0.3, -0.25) is 14.5 Å². The van der Waals surface area contributed by atoms with E-state index in [4.69, 9.17) is 9.84 Å². The summed E-state index contributed by atoms with van der Waals surface area (Å²) in [6.45, 7) is 4.98. The summed E-state index contributed by atoms with van der Waals surface area (Å²) in [4.78, 5) is 26.3. The molecule has 3 aromatic rings. The molecule has 0 atom stereocenters. The maximum atomic E-state index is 13.2. The number of benzene rings is 2. The van der Waals surface area contributed by atoms with Crippen molar-refractivity contribution >= 4 is 23.1 Å². The van der Waals surface area contributed by atoms with Crippen LogP contribution in [0.3, 0.4) is 0 Å². The summed E-state index contributed by atoms with van der Waals surface area (Å²) in [5, 5.41) is 10.8. The van der Waals surface area contributed by atoms with Crippen LogP contribution in [-0.2, 0) is 4.79 Å². The molecular weight excluding hydrogens is 410 g/mol. The molecule has 1 aromatic heterocycles. The number of hydrogen-bond donors (Lipinski definition) is 1. The van der Waals surface area contributed by atoms with Gasteiger partial charge in [-0.15, -0.1) is 11.3 Å². The Morgan fingerprint density at radius 3 is 2.52 bits per heavy atom. The number of nitrogens with zero attached hydrogens (tertiary/aromatic N) is 1. The second-order valence-corrected chi connectivity index (χ2v) is 8.73. The molecule has 0 spiro atoms. The van der Waals surface area contributed by atoms with Crippen LogP contribution < -0.4 is 4.74 Å². The van der Waals surface area contributed by atoms with Crippen molar-refractivity contribution in [2.45, 2.75) is 19.8 Å². The summed E-state index contributed by atoms with van der Waals surface area (Å²) in [7, 11) is 1.72. The molecule has 0 fully saturated rings. The molecule has 1 heterocycles. The number of carboxylic acids is 1. The molecule has 0 saturated carbocycles. The number of likely N-dealkylation sites (N-methyl/N-ethyl adjacent to an activating group) is 1. The van der Waals surface area contributed by atoms with E-state index < -0.39 is 5.97 Å². The predicted molar refractivity (Wildman–Crippen MR) is 124 cm³/mol. The van der Waals surface area contributed by atoms with Gasteiger partial charge in [0, 0.05) is 6.54 Å². The van der Waals surface area contributed by atoms with Crippen molar-refractivity contribution in [2.75, 3.05) is 26.7 Å². The minimum absolute atomic E-state index is 0.0600. The van der Waals surface area contributed by atoms with E-state index in [1.54, 1.807) is 11.9 Å². The molecule has 0 aliphatic heterocycles. The van der Waals surface area contributed by atoms with Gasteiger partial charge in [0.15, 0.2) is 0 Å². The highest BCUT2D eigenvalue weighted by Crippen LogP contribution is 2.31. The number of ether oxygens (including phenoxy) is 1. The summed E-state index contributed by atoms with van der Waals surface area (Å²) >= 11 is 1.40. The molecular formula is C25H27NO4S. The number of hydrogen-bond acceptors (Lipinski definition) is 5. The fourth-order valence-corrected chi connectivity index (χ4v) is 3.93. The third kappa shape index (κ3) is 6.03. The van der Waals surface area contributed by atoms with Crippen molar-refractivity contribution in [1.82, 2.24) is 4.90 Å². The Bertz CT molecular complexity index is 1040. The van der Waals surface area contributed by atoms with Gasteiger partial charge in [-0.1, -0.05) is 50.2 Å². The highest BCUT2D eigenvalue weighted by Gasteiger charge is 2.18. The van der Waals surface area contributed by atoms with Gasteiger partial charge in [0.2, 0.25) is 5.78 Å². The lowest BCUT2D eigenvalue weighted by atomic mass is 9.95. The number of aliphatic carboxylic acids is 1. The molecule has 1 N–H and O–H groups in total. The van der Waals surface area contributed by atoms with Gasteiger partial charge in [0.25, 0.3) is 0 Å². The summed E-state index contributed by atoms with van der Waals surface area (Å²) in [5.74, 6) is -0.0433. The van der Waals surface area contributed by atoms with Crippen LogP contribution >= 0.6 is 11.3 Å². The molecule has 3 rings (SSSR count). The monoisotopic (exact) mass is 437 g/mol. The molecule has 0 unspecified atom stereocenters. The third-order valence-electron chi connectivity index (χ3n) is 4.99. The van der Waals surface area contributed by atoms with E-state index in [0.717, 1.165) is 11.1 Å². The van der Waals surface area contributed by atoms with Crippen molar-refractivity contribution in [3.8, 4) is 16.9 Å². The summed E-state index contributed by atoms with van der Waals surface area (Å²) < 4.78 is 5.91. The van der Waals surface area contributed by atoms with E-state index in [1.807, 2.05) is 47.8 Å². The van der Waals surface area contributed by atoms with Crippen LogP contribution in [0.15, 0.2) is 60.0 Å². The Morgan fingerprint density at radius 1 is 1.06 bits per heavy atom. The number of carbonyl (C=O) groups excluding carboxylic acids is 1. The van der Waals surface area contributed by atoms with Gasteiger partial charge in [-0.05, 0) is 53.2 Å². The standard InChI is InChI=1S/C25H27NO4S/c1-17(2)18-6-4-7-19(14-18)20-9-10-22(30-12-11-26(3)16-24(27)28)21(15-20)25(29)23-8-5-13-31-23/h4-10,13-15,17H,11-12,16H2,1-3H3,(H,27,28). The summed E-state index contributed by atoms with van der Waals surface area (Å²) in [6, 6.07) is 17.7. The van der Waals surface area contributed by atoms with Gasteiger partial charge in [0.05, 0.1) is 17.0 Å². The Morgan fingerprint density at radius 2 is 1.84 bits per heavy atom. The summed E-state index contributed by atoms with van der Waals surface area (Å²) in [5.41, 5.74) is 3.76. The second kappa shape index (κ2) is 10.4. The Kier molecular flexibility index (Phi) is 7.60. The molecule has 2 aromatic carbocycles. The van der Waals surface area contributed by atoms with E-state index in [1.165, 1.54) is 16.9 Å². The smallest absolute Gasteiger partial charge is 0.317 e. The van der Waals surface area contributed by atoms with Crippen molar-refractivity contribution in [2.24, 2.45) is 0 Å². The molecule has 6 heteroatoms. The average Bonchev–Trinajstić information content (AvgIpc) is 3.28. The predicted octanol–water partition coefficient (Wildman–Crippen LogP) is 5.16. The number of ketones is 1. The van der Waals surface area contributed by atoms with Crippen molar-refractivity contribution in [3.05, 3.63) is 76.0 Å². The van der Waals surface area contributed by atoms with Gasteiger partial charge in [-0.25, -0.2) is 0 Å². The Hall–Kier alpha value is -2.96. The number of carboxylic acid groups (broad SMARTS) is 1. The zero-order valence-electron chi connectivity index (χ0n) is 18.0. The highest BCUT2D eigenvalue weighted by molar-refractivity contribution is 7.12. The van der Waals surface area contributed by atoms with E-state index in [-0.39, 0.29) is 18.9 Å². The van der Waals surface area contributed by atoms with E-state index in [2.05, 4.69) is 26.0 Å². The van der Waals surface area contributed by atoms with Crippen LogP contribution in [0.5, 0.6) is 5.75 Å². The third-order valence-corrected chi connectivity index (χ3v) is 5.86. The van der Waals surface area contributed by atoms with Crippen LogP contribution in [0.25, 0.3) is 11.1 Å². The molecule has 0 saturated heterocycles. The first-order valence-corrected chi connectivity index (χ1v) is 11.1. The lowest BCUT2D eigenvalue weighted by molar-refractivity contribution is -0.138. The van der Waals surface area contributed by atoms with Gasteiger partial charge in [-0.2, -0.15) is 0 Å². The molecule has 5 nitrogen and oxygen atoms in total. The fraction of sp³-hybridized carbons (Fsp3) is 0.280. The van der Waals surface area contributed by atoms with Crippen molar-refractivity contribution in [3.63, 3.8) is 0 Å². The van der Waals surface area contributed by atoms with Crippen LogP contribution in [0.1, 0.15) is 40.6 Å². The SMILES string of the molecule is CC(C)c1cccc(-c2ccc(OCCN(C)CC(=O)O)c(C(=O)c3cccs3)c2)c1. The Balaban J connectivity index is 1.89. The fourth-order valence-electron chi connectivity index (χ4n) is 3.25. The Labute approximate surface area is 186 Å². The average molecular weight is 438 g/mol. The first kappa shape index (κ1) is 22.7. The molecule has 0 aliphatic carbocycles. The molecule has 0 amide bonds. The minimum Gasteiger partial charge on any atom is -0.491 e. The lowest BCUT2D eigenvalue weighted by Gasteiger charge is -2.17. The van der Waals surface area contributed by atoms with Crippen molar-refractivity contribution in [1.29, 1.82) is 0 Å². The molecule has 162 valence electrons. The molecule has 0 bridgehead atoms. The highest BCUT2D eigenvalue weighted by atomic mass is 32.1. The van der Waals surface area contributed by atoms with Crippen LogP contribution in [0, 0.1) is 0 Å². The van der Waals surface area contributed by atoms with E-state index in [9.17, 15) is 9.59 Å². The van der Waals surface area contributed by atoms with Gasteiger partial charge in [0.1, 0.15) is 12.4 Å². The second-order valence-electron chi connectivity index (χ2n) is 7.78. The number of thiophene rings is 1. The largest absolute Gasteiger partial charge is 0.491 e. The first-order valence-electron chi connectivity index (χ1n) is 10.2. The zero-order chi connectivity index (χ0) is 22.4. The topological polar surface area (TPSA) is 66.8 Å². The number of rotatable bonds is 10. The van der Waals surface area contributed by atoms with Crippen LogP contribution in [0.2, 0.25) is 0 Å². The van der Waals surface area contributed by atoms with E-state index in [0.29, 0.717) is 28.7 Å². The number of carbonyl (C=O) groups is 2. The minimum atomic E-state index is -0.885. The zero-order valence-corrected chi connectivity index (χ0v) is 18.8. The van der Waals surface area contributed by atoms with Crippen LogP contribution in [-0.4, -0.2) is 48.5 Å². The van der Waals surface area contributed by atoms with Crippen molar-refractivity contribution < 1.29 is 19.4 Å². The molecule has 31 heavy (non-hydrogen) atoms. The normalized spacial score (nSPS) is 11.1. The van der Waals surface area contributed by atoms with E-state index >= 15 is 0 Å². The quantitative estimate of drug-likeness (QED) is 0.444. The van der Waals surface area contributed by atoms with Gasteiger partial charge >= 0.3 is 5.97 Å². The maximum Gasteiger partial charge on any atom is 0.317 e. The molecule has 0 aliphatic rings. The first-order chi connectivity index (χ1) is 14.8. The summed E-state index contributed by atoms with van der Waals surface area (Å²) in [6.07, 6.45) is 0.